The molecule has 0 saturated heterocycles. The van der Waals surface area contributed by atoms with Gasteiger partial charge in [-0.05, 0) is 59.7 Å². The summed E-state index contributed by atoms with van der Waals surface area (Å²) in [6.45, 7) is 0. The molecule has 0 unspecified atom stereocenters. The van der Waals surface area contributed by atoms with Crippen LogP contribution in [0.2, 0.25) is 0 Å². The molecule has 2 aromatic heterocycles. The molecule has 0 atom stereocenters. The van der Waals surface area contributed by atoms with Crippen LogP contribution in [0.5, 0.6) is 0 Å². The average Bonchev–Trinajstić information content (AvgIpc) is 3.77. The van der Waals surface area contributed by atoms with Crippen molar-refractivity contribution in [3.63, 3.8) is 0 Å². The maximum Gasteiger partial charge on any atom is 1.00 e. The maximum atomic E-state index is 12.3. The van der Waals surface area contributed by atoms with E-state index in [9.17, 15) is 51.9 Å². The van der Waals surface area contributed by atoms with Crippen molar-refractivity contribution in [2.45, 2.75) is 19.6 Å². The maximum absolute atomic E-state index is 12.3. The van der Waals surface area contributed by atoms with E-state index in [0.717, 1.165) is 58.1 Å². The van der Waals surface area contributed by atoms with Crippen molar-refractivity contribution >= 4 is 52.6 Å². The standard InChI is InChI=1S/C30H22N6O12S4.4Na/c37-49(38,39)25-11-5-19(6-12-25)27-17-31-35(33-27)23-9-3-21(29(15-23)51(43,44)45)1-2-22-4-10-24(16-30(22)52(46,47)48)36-32-18-28(34-36)20-7-13-26(14-8-20)50(40,41)42;;;;/h1-18H,(H,37,38,39)(H,40,41,42)(H,43,44,45)(H,46,47,48);;;;/q;4*+1/p-4/b2-1+;;;;. The van der Waals surface area contributed by atoms with Gasteiger partial charge in [0.1, 0.15) is 51.9 Å². The van der Waals surface area contributed by atoms with Crippen LogP contribution in [-0.4, -0.2) is 81.9 Å². The van der Waals surface area contributed by atoms with Crippen molar-refractivity contribution in [1.29, 1.82) is 0 Å². The minimum atomic E-state index is -5.15. The Morgan fingerprint density at radius 1 is 0.446 bits per heavy atom. The third kappa shape index (κ3) is 12.1. The fourth-order valence-electron chi connectivity index (χ4n) is 4.81. The summed E-state index contributed by atoms with van der Waals surface area (Å²) in [5.41, 5.74) is 0.894. The number of benzene rings is 4. The summed E-state index contributed by atoms with van der Waals surface area (Å²) in [6.07, 6.45) is 4.77. The van der Waals surface area contributed by atoms with Crippen LogP contribution in [0.15, 0.2) is 117 Å². The zero-order chi connectivity index (χ0) is 37.6. The minimum Gasteiger partial charge on any atom is -0.744 e. The Kier molecular flexibility index (Phi) is 17.9. The second kappa shape index (κ2) is 19.7. The van der Waals surface area contributed by atoms with Gasteiger partial charge < -0.3 is 18.2 Å². The smallest absolute Gasteiger partial charge is 0.744 e. The van der Waals surface area contributed by atoms with E-state index in [2.05, 4.69) is 20.4 Å². The SMILES string of the molecule is O=S(=O)([O-])c1ccc(-c2cnn(-c3ccc(/C=C/c4ccc(-n5ncc(-c6ccc(S(=O)(=O)[O-])cc6)n5)cc4S(=O)(=O)[O-])c(S(=O)(=O)[O-])c3)n2)cc1.[Na+].[Na+].[Na+].[Na+]. The first-order chi connectivity index (χ1) is 24.3. The molecular weight excluding hydrogens is 857 g/mol. The molecule has 6 rings (SSSR count). The van der Waals surface area contributed by atoms with Gasteiger partial charge in [-0.1, -0.05) is 48.6 Å². The Balaban J connectivity index is 0.00000271. The van der Waals surface area contributed by atoms with Gasteiger partial charge in [-0.3, -0.25) is 0 Å². The molecular formula is C30H18N6Na4O12S4. The van der Waals surface area contributed by atoms with E-state index in [4.69, 9.17) is 0 Å². The van der Waals surface area contributed by atoms with Gasteiger partial charge in [0.15, 0.2) is 0 Å². The second-order valence-corrected chi connectivity index (χ2v) is 16.1. The minimum absolute atomic E-state index is 0. The third-order valence-electron chi connectivity index (χ3n) is 7.30. The number of rotatable bonds is 10. The molecule has 6 aromatic rings. The molecule has 0 aliphatic heterocycles. The predicted molar refractivity (Wildman–Crippen MR) is 174 cm³/mol. The van der Waals surface area contributed by atoms with E-state index in [1.165, 1.54) is 60.9 Å². The number of hydrogen-bond donors (Lipinski definition) is 0. The van der Waals surface area contributed by atoms with Crippen LogP contribution >= 0.6 is 0 Å². The van der Waals surface area contributed by atoms with Gasteiger partial charge in [-0.2, -0.15) is 19.8 Å². The molecule has 0 bridgehead atoms. The van der Waals surface area contributed by atoms with E-state index >= 15 is 0 Å². The van der Waals surface area contributed by atoms with Crippen molar-refractivity contribution in [1.82, 2.24) is 30.0 Å². The van der Waals surface area contributed by atoms with Crippen LogP contribution in [-0.2, 0) is 40.5 Å². The monoisotopic (exact) mass is 874 g/mol. The van der Waals surface area contributed by atoms with E-state index < -0.39 is 60.1 Å². The van der Waals surface area contributed by atoms with E-state index in [-0.39, 0.29) is 152 Å². The number of hydrogen-bond acceptors (Lipinski definition) is 16. The first-order valence-electron chi connectivity index (χ1n) is 14.1. The summed E-state index contributed by atoms with van der Waals surface area (Å²) in [7, 11) is -19.6. The summed E-state index contributed by atoms with van der Waals surface area (Å²) in [6, 6.07) is 16.7. The molecule has 56 heavy (non-hydrogen) atoms. The summed E-state index contributed by atoms with van der Waals surface area (Å²) in [5, 5.41) is 16.5. The Morgan fingerprint density at radius 3 is 1.05 bits per heavy atom. The van der Waals surface area contributed by atoms with Gasteiger partial charge >= 0.3 is 118 Å². The van der Waals surface area contributed by atoms with E-state index in [1.807, 2.05) is 0 Å². The molecule has 26 heteroatoms. The fraction of sp³-hybridized carbons (Fsp3) is 0. The van der Waals surface area contributed by atoms with Crippen LogP contribution < -0.4 is 118 Å². The van der Waals surface area contributed by atoms with Crippen molar-refractivity contribution < 1.29 is 170 Å². The molecule has 0 aliphatic rings. The van der Waals surface area contributed by atoms with Gasteiger partial charge in [-0.25, -0.2) is 33.7 Å². The fourth-order valence-corrected chi connectivity index (χ4v) is 7.13. The summed E-state index contributed by atoms with van der Waals surface area (Å²) in [4.78, 5) is -0.386. The molecule has 18 nitrogen and oxygen atoms in total. The average molecular weight is 875 g/mol. The van der Waals surface area contributed by atoms with Crippen molar-refractivity contribution in [2.24, 2.45) is 0 Å². The van der Waals surface area contributed by atoms with Crippen LogP contribution in [0.25, 0.3) is 46.0 Å². The topological polar surface area (TPSA) is 290 Å². The molecule has 0 saturated carbocycles. The molecule has 268 valence electrons. The van der Waals surface area contributed by atoms with Crippen molar-refractivity contribution in [3.8, 4) is 33.9 Å². The summed E-state index contributed by atoms with van der Waals surface area (Å²) < 4.78 is 141. The van der Waals surface area contributed by atoms with Gasteiger partial charge in [0.2, 0.25) is 0 Å². The summed E-state index contributed by atoms with van der Waals surface area (Å²) >= 11 is 0. The predicted octanol–water partition coefficient (Wildman–Crippen LogP) is -10.0. The third-order valence-corrected chi connectivity index (χ3v) is 10.8. The van der Waals surface area contributed by atoms with Gasteiger partial charge in [0, 0.05) is 11.1 Å². The molecule has 0 spiro atoms. The zero-order valence-electron chi connectivity index (χ0n) is 29.6. The number of aromatic nitrogens is 6. The summed E-state index contributed by atoms with van der Waals surface area (Å²) in [5.74, 6) is 0. The molecule has 2 heterocycles. The first-order valence-corrected chi connectivity index (χ1v) is 19.8. The second-order valence-electron chi connectivity index (χ2n) is 10.7. The Morgan fingerprint density at radius 2 is 0.768 bits per heavy atom. The Bertz CT molecular complexity index is 2660. The largest absolute Gasteiger partial charge is 1.00 e. The molecule has 0 aliphatic carbocycles. The first kappa shape index (κ1) is 50.7. The normalized spacial score (nSPS) is 11.9. The molecule has 0 amide bonds. The van der Waals surface area contributed by atoms with Crippen molar-refractivity contribution in [2.75, 3.05) is 0 Å². The van der Waals surface area contributed by atoms with Crippen LogP contribution in [0.1, 0.15) is 11.1 Å². The quantitative estimate of drug-likeness (QED) is 0.0701. The molecule has 0 fully saturated rings. The van der Waals surface area contributed by atoms with Crippen molar-refractivity contribution in [3.05, 3.63) is 108 Å². The van der Waals surface area contributed by atoms with Gasteiger partial charge in [0.05, 0.1) is 43.4 Å². The Hall–Kier alpha value is -1.46. The van der Waals surface area contributed by atoms with E-state index in [1.54, 1.807) is 0 Å². The van der Waals surface area contributed by atoms with Crippen LogP contribution in [0, 0.1) is 0 Å². The van der Waals surface area contributed by atoms with Crippen LogP contribution in [0.3, 0.4) is 0 Å². The van der Waals surface area contributed by atoms with Gasteiger partial charge in [0.25, 0.3) is 0 Å². The molecule has 4 aromatic carbocycles. The van der Waals surface area contributed by atoms with E-state index in [0.29, 0.717) is 11.1 Å². The van der Waals surface area contributed by atoms with Crippen LogP contribution in [0.4, 0.5) is 0 Å². The Labute approximate surface area is 409 Å². The molecule has 0 N–H and O–H groups in total. The number of nitrogens with zero attached hydrogens (tertiary/aromatic N) is 6. The molecule has 0 radical (unpaired) electrons. The van der Waals surface area contributed by atoms with Gasteiger partial charge in [-0.15, -0.1) is 10.2 Å². The zero-order valence-corrected chi connectivity index (χ0v) is 40.9.